The monoisotopic (exact) mass is 407 g/mol. The van der Waals surface area contributed by atoms with Gasteiger partial charge in [0.15, 0.2) is 0 Å². The average Bonchev–Trinajstić information content (AvgIpc) is 3.17. The predicted molar refractivity (Wildman–Crippen MR) is 128 cm³/mol. The van der Waals surface area contributed by atoms with Gasteiger partial charge in [-0.05, 0) is 73.8 Å². The molecule has 2 heterocycles. The number of fused-ring (bicyclic) bond motifs is 2. The summed E-state index contributed by atoms with van der Waals surface area (Å²) < 4.78 is 6.11. The molecule has 0 saturated heterocycles. The van der Waals surface area contributed by atoms with Crippen molar-refractivity contribution in [2.75, 3.05) is 6.54 Å². The van der Waals surface area contributed by atoms with Gasteiger partial charge in [-0.25, -0.2) is 0 Å². The van der Waals surface area contributed by atoms with E-state index in [0.29, 0.717) is 6.54 Å². The van der Waals surface area contributed by atoms with Crippen molar-refractivity contribution in [1.29, 1.82) is 0 Å². The van der Waals surface area contributed by atoms with Crippen molar-refractivity contribution in [3.63, 3.8) is 0 Å². The Hall–Kier alpha value is -3.63. The van der Waals surface area contributed by atoms with Gasteiger partial charge in [0.05, 0.1) is 11.2 Å². The average molecular weight is 408 g/mol. The highest BCUT2D eigenvalue weighted by molar-refractivity contribution is 5.99. The number of unbranched alkanes of at least 4 members (excludes halogenated alkanes) is 1. The zero-order valence-corrected chi connectivity index (χ0v) is 17.3. The van der Waals surface area contributed by atoms with Crippen LogP contribution >= 0.6 is 0 Å². The number of hydrogen-bond donors (Lipinski definition) is 2. The molecule has 31 heavy (non-hydrogen) atoms. The van der Waals surface area contributed by atoms with Crippen LogP contribution < -0.4 is 10.5 Å². The number of nitrogens with two attached hydrogens (primary N) is 1. The van der Waals surface area contributed by atoms with Gasteiger partial charge in [0.2, 0.25) is 0 Å². The van der Waals surface area contributed by atoms with E-state index in [9.17, 15) is 0 Å². The summed E-state index contributed by atoms with van der Waals surface area (Å²) in [6.07, 6.45) is 4.84. The summed E-state index contributed by atoms with van der Waals surface area (Å²) in [5.41, 5.74) is 11.5. The second-order valence-corrected chi connectivity index (χ2v) is 7.72. The number of nitrogens with one attached hydrogen (secondary N) is 1. The number of rotatable bonds is 7. The van der Waals surface area contributed by atoms with E-state index in [1.807, 2.05) is 48.7 Å². The molecule has 5 rings (SSSR count). The fourth-order valence-electron chi connectivity index (χ4n) is 4.17. The van der Waals surface area contributed by atoms with Crippen LogP contribution in [0.15, 0.2) is 85.1 Å². The minimum atomic E-state index is 0.707. The number of pyridine rings is 1. The van der Waals surface area contributed by atoms with E-state index in [1.54, 1.807) is 0 Å². The van der Waals surface area contributed by atoms with Crippen LogP contribution in [0.2, 0.25) is 0 Å². The quantitative estimate of drug-likeness (QED) is 0.304. The van der Waals surface area contributed by atoms with Crippen LogP contribution in [0, 0.1) is 0 Å². The molecule has 0 atom stereocenters. The van der Waals surface area contributed by atoms with E-state index >= 15 is 0 Å². The Labute approximate surface area is 181 Å². The van der Waals surface area contributed by atoms with Crippen LogP contribution in [-0.2, 0) is 6.42 Å². The zero-order chi connectivity index (χ0) is 21.0. The van der Waals surface area contributed by atoms with Gasteiger partial charge in [0.25, 0.3) is 0 Å². The highest BCUT2D eigenvalue weighted by Crippen LogP contribution is 2.37. The van der Waals surface area contributed by atoms with Crippen molar-refractivity contribution in [3.8, 4) is 22.8 Å². The predicted octanol–water partition coefficient (Wildman–Crippen LogP) is 6.46. The van der Waals surface area contributed by atoms with Gasteiger partial charge in [0, 0.05) is 28.0 Å². The molecule has 3 N–H and O–H groups in total. The van der Waals surface area contributed by atoms with Gasteiger partial charge in [-0.1, -0.05) is 36.4 Å². The number of nitrogens with zero attached hydrogens (tertiary/aromatic N) is 1. The second kappa shape index (κ2) is 8.62. The van der Waals surface area contributed by atoms with Gasteiger partial charge >= 0.3 is 0 Å². The third kappa shape index (κ3) is 3.90. The van der Waals surface area contributed by atoms with Crippen LogP contribution in [0.3, 0.4) is 0 Å². The lowest BCUT2D eigenvalue weighted by molar-refractivity contribution is 0.483. The molecule has 3 aromatic carbocycles. The summed E-state index contributed by atoms with van der Waals surface area (Å²) in [6, 6.07) is 26.6. The molecule has 0 radical (unpaired) electrons. The molecule has 0 aliphatic carbocycles. The lowest BCUT2D eigenvalue weighted by Gasteiger charge is -2.09. The second-order valence-electron chi connectivity index (χ2n) is 7.72. The largest absolute Gasteiger partial charge is 0.457 e. The van der Waals surface area contributed by atoms with Crippen molar-refractivity contribution in [3.05, 3.63) is 90.6 Å². The van der Waals surface area contributed by atoms with Crippen molar-refractivity contribution < 1.29 is 4.74 Å². The summed E-state index contributed by atoms with van der Waals surface area (Å²) in [5, 5.41) is 2.35. The Bertz CT molecular complexity index is 1320. The van der Waals surface area contributed by atoms with Crippen molar-refractivity contribution in [2.45, 2.75) is 19.3 Å². The van der Waals surface area contributed by atoms with Gasteiger partial charge in [-0.2, -0.15) is 0 Å². The van der Waals surface area contributed by atoms with E-state index in [2.05, 4.69) is 46.4 Å². The molecule has 0 aliphatic heterocycles. The van der Waals surface area contributed by atoms with Gasteiger partial charge < -0.3 is 15.5 Å². The molecular formula is C27H25N3O. The van der Waals surface area contributed by atoms with Crippen molar-refractivity contribution >= 4 is 21.8 Å². The van der Waals surface area contributed by atoms with Crippen LogP contribution in [0.25, 0.3) is 33.1 Å². The van der Waals surface area contributed by atoms with E-state index in [1.165, 1.54) is 16.5 Å². The number of hydrogen-bond acceptors (Lipinski definition) is 3. The van der Waals surface area contributed by atoms with E-state index < -0.39 is 0 Å². The zero-order valence-electron chi connectivity index (χ0n) is 17.3. The molecular weight excluding hydrogens is 382 g/mol. The SMILES string of the molecule is NCCCCc1c(-c2cccc3ncccc23)[nH]c2ccc(Oc3ccccc3)cc12. The number of ether oxygens (including phenoxy) is 1. The lowest BCUT2D eigenvalue weighted by atomic mass is 9.97. The molecule has 0 unspecified atom stereocenters. The minimum absolute atomic E-state index is 0.707. The molecule has 0 fully saturated rings. The first-order valence-electron chi connectivity index (χ1n) is 10.7. The van der Waals surface area contributed by atoms with Gasteiger partial charge in [-0.3, -0.25) is 4.98 Å². The molecule has 0 spiro atoms. The normalized spacial score (nSPS) is 11.3. The first kappa shape index (κ1) is 19.3. The number of aromatic amines is 1. The Morgan fingerprint density at radius 2 is 1.71 bits per heavy atom. The number of benzene rings is 3. The third-order valence-electron chi connectivity index (χ3n) is 5.65. The standard InChI is InChI=1S/C27H25N3O/c28-16-5-4-10-23-24-18-20(31-19-8-2-1-3-9-19)14-15-26(24)30-27(23)22-11-6-13-25-21(22)12-7-17-29-25/h1-3,6-9,11-15,17-18,30H,4-5,10,16,28H2. The molecule has 0 aliphatic rings. The van der Waals surface area contributed by atoms with Crippen molar-refractivity contribution in [1.82, 2.24) is 9.97 Å². The van der Waals surface area contributed by atoms with E-state index in [4.69, 9.17) is 10.5 Å². The number of H-pyrrole nitrogens is 1. The van der Waals surface area contributed by atoms with Gasteiger partial charge in [-0.15, -0.1) is 0 Å². The topological polar surface area (TPSA) is 63.9 Å². The third-order valence-corrected chi connectivity index (χ3v) is 5.65. The summed E-state index contributed by atoms with van der Waals surface area (Å²) in [4.78, 5) is 8.21. The maximum Gasteiger partial charge on any atom is 0.128 e. The fourth-order valence-corrected chi connectivity index (χ4v) is 4.17. The highest BCUT2D eigenvalue weighted by atomic mass is 16.5. The molecule has 5 aromatic rings. The molecule has 4 nitrogen and oxygen atoms in total. The molecule has 0 bridgehead atoms. The van der Waals surface area contributed by atoms with Gasteiger partial charge in [0.1, 0.15) is 11.5 Å². The first-order valence-corrected chi connectivity index (χ1v) is 10.7. The molecule has 4 heteroatoms. The van der Waals surface area contributed by atoms with Crippen LogP contribution in [0.5, 0.6) is 11.5 Å². The first-order chi connectivity index (χ1) is 15.3. The maximum absolute atomic E-state index is 6.11. The summed E-state index contributed by atoms with van der Waals surface area (Å²) in [5.74, 6) is 1.67. The summed E-state index contributed by atoms with van der Waals surface area (Å²) >= 11 is 0. The van der Waals surface area contributed by atoms with Crippen LogP contribution in [-0.4, -0.2) is 16.5 Å². The fraction of sp³-hybridized carbons (Fsp3) is 0.148. The summed E-state index contributed by atoms with van der Waals surface area (Å²) in [7, 11) is 0. The highest BCUT2D eigenvalue weighted by Gasteiger charge is 2.16. The van der Waals surface area contributed by atoms with E-state index in [-0.39, 0.29) is 0 Å². The summed E-state index contributed by atoms with van der Waals surface area (Å²) in [6.45, 7) is 0.707. The molecule has 0 amide bonds. The minimum Gasteiger partial charge on any atom is -0.457 e. The Balaban J connectivity index is 1.64. The number of aromatic nitrogens is 2. The number of para-hydroxylation sites is 1. The Morgan fingerprint density at radius 1 is 0.806 bits per heavy atom. The molecule has 2 aromatic heterocycles. The Morgan fingerprint density at radius 3 is 2.58 bits per heavy atom. The maximum atomic E-state index is 6.11. The lowest BCUT2D eigenvalue weighted by Crippen LogP contribution is -1.99. The van der Waals surface area contributed by atoms with Crippen LogP contribution in [0.4, 0.5) is 0 Å². The Kier molecular flexibility index (Phi) is 5.38. The molecule has 154 valence electrons. The molecule has 0 saturated carbocycles. The van der Waals surface area contributed by atoms with Crippen LogP contribution in [0.1, 0.15) is 18.4 Å². The number of aryl methyl sites for hydroxylation is 1. The smallest absolute Gasteiger partial charge is 0.128 e. The van der Waals surface area contributed by atoms with Crippen molar-refractivity contribution in [2.24, 2.45) is 5.73 Å². The van der Waals surface area contributed by atoms with E-state index in [0.717, 1.165) is 52.9 Å².